The Balaban J connectivity index is 1.47. The third-order valence-electron chi connectivity index (χ3n) is 4.67. The molecule has 4 rings (SSSR count). The van der Waals surface area contributed by atoms with Crippen LogP contribution in [0, 0.1) is 6.92 Å². The highest BCUT2D eigenvalue weighted by atomic mass is 127. The molecule has 0 spiro atoms. The lowest BCUT2D eigenvalue weighted by Gasteiger charge is -2.16. The van der Waals surface area contributed by atoms with Gasteiger partial charge in [-0.2, -0.15) is 13.2 Å². The molecule has 0 bridgehead atoms. The molecule has 34 heavy (non-hydrogen) atoms. The second-order valence-electron chi connectivity index (χ2n) is 7.21. The number of aromatic nitrogens is 3. The molecule has 0 aliphatic carbocycles. The topological polar surface area (TPSA) is 78.0 Å². The summed E-state index contributed by atoms with van der Waals surface area (Å²) in [5, 5.41) is 7.31. The molecule has 12 heteroatoms. The molecule has 0 saturated heterocycles. The van der Waals surface area contributed by atoms with E-state index < -0.39 is 32.5 Å². The number of H-pyrrole nitrogens is 1. The minimum absolute atomic E-state index is 0.366. The fourth-order valence-electron chi connectivity index (χ4n) is 3.04. The zero-order chi connectivity index (χ0) is 24.3. The molecule has 2 aromatic heterocycles. The van der Waals surface area contributed by atoms with Gasteiger partial charge < -0.3 is 10.3 Å². The van der Waals surface area contributed by atoms with E-state index in [1.54, 1.807) is 18.3 Å². The number of allylic oxidation sites excluding steroid dienone is 1. The Hall–Kier alpha value is -2.28. The van der Waals surface area contributed by atoms with Crippen LogP contribution in [0.25, 0.3) is 5.57 Å². The molecule has 1 aliphatic rings. The van der Waals surface area contributed by atoms with Crippen molar-refractivity contribution in [3.05, 3.63) is 79.5 Å². The summed E-state index contributed by atoms with van der Waals surface area (Å²) in [5.74, 6) is 1.08. The van der Waals surface area contributed by atoms with Crippen molar-refractivity contribution in [3.63, 3.8) is 0 Å². The van der Waals surface area contributed by atoms with Crippen LogP contribution in [-0.2, 0) is 6.18 Å². The van der Waals surface area contributed by atoms with E-state index in [4.69, 9.17) is 28.2 Å². The van der Waals surface area contributed by atoms with Crippen molar-refractivity contribution in [2.75, 3.05) is 18.4 Å². The first-order chi connectivity index (χ1) is 16.2. The number of nitrogens with one attached hydrogen (secondary N) is 3. The number of anilines is 1. The van der Waals surface area contributed by atoms with E-state index >= 15 is 0 Å². The van der Waals surface area contributed by atoms with Crippen LogP contribution in [0.1, 0.15) is 22.6 Å². The minimum Gasteiger partial charge on any atom is -0.369 e. The van der Waals surface area contributed by atoms with Gasteiger partial charge in [0.2, 0.25) is 0 Å². The van der Waals surface area contributed by atoms with Crippen molar-refractivity contribution >= 4 is 64.8 Å². The molecular formula is C22H18Cl2F3IN6. The first-order valence-corrected chi connectivity index (χ1v) is 13.1. The summed E-state index contributed by atoms with van der Waals surface area (Å²) in [6.07, 6.45) is -1.84. The largest absolute Gasteiger partial charge is 0.417 e. The number of nitrogens with zero attached hydrogens (tertiary/aromatic N) is 3. The molecule has 3 aromatic rings. The van der Waals surface area contributed by atoms with Gasteiger partial charge in [0.1, 0.15) is 15.4 Å². The van der Waals surface area contributed by atoms with Crippen molar-refractivity contribution in [2.24, 2.45) is 4.99 Å². The number of aromatic amines is 1. The Morgan fingerprint density at radius 3 is 2.47 bits per heavy atom. The van der Waals surface area contributed by atoms with Crippen LogP contribution in [-0.4, -0.2) is 37.5 Å². The highest BCUT2D eigenvalue weighted by molar-refractivity contribution is 14.2. The van der Waals surface area contributed by atoms with Crippen molar-refractivity contribution in [3.8, 4) is 0 Å². The Morgan fingerprint density at radius 2 is 1.82 bits per heavy atom. The molecule has 178 valence electrons. The number of hydrogen-bond donors (Lipinski definition) is 3. The molecule has 0 unspecified atom stereocenters. The number of alkyl halides is 3. The molecule has 0 radical (unpaired) electrons. The second kappa shape index (κ2) is 10.5. The van der Waals surface area contributed by atoms with E-state index in [-0.39, 0.29) is 0 Å². The van der Waals surface area contributed by atoms with Crippen LogP contribution in [0.15, 0.2) is 51.8 Å². The second-order valence-corrected chi connectivity index (χ2v) is 10.3. The summed E-state index contributed by atoms with van der Waals surface area (Å²) in [5.41, 5.74) is 2.45. The lowest BCUT2D eigenvalue weighted by atomic mass is 10.0. The molecule has 0 fully saturated rings. The third-order valence-corrected chi connectivity index (χ3v) is 7.36. The third kappa shape index (κ3) is 6.04. The van der Waals surface area contributed by atoms with Gasteiger partial charge in [-0.3, -0.25) is 5.32 Å². The molecule has 0 amide bonds. The smallest absolute Gasteiger partial charge is 0.369 e. The first-order valence-electron chi connectivity index (χ1n) is 9.98. The Kier molecular flexibility index (Phi) is 7.70. The van der Waals surface area contributed by atoms with Gasteiger partial charge in [-0.05, 0) is 41.3 Å². The summed E-state index contributed by atoms with van der Waals surface area (Å²) < 4.78 is 40.9. The number of halogens is 6. The average molecular weight is 621 g/mol. The van der Waals surface area contributed by atoms with Crippen molar-refractivity contribution in [1.82, 2.24) is 20.3 Å². The molecular weight excluding hydrogens is 603 g/mol. The molecule has 3 N–H and O–H groups in total. The number of aryl methyl sites for hydroxylation is 1. The maximum atomic E-state index is 12.7. The van der Waals surface area contributed by atoms with Crippen molar-refractivity contribution < 1.29 is 13.2 Å². The van der Waals surface area contributed by atoms with Crippen LogP contribution in [0.2, 0.25) is 10.0 Å². The molecule has 6 nitrogen and oxygen atoms in total. The molecule has 1 aliphatic heterocycles. The van der Waals surface area contributed by atoms with Gasteiger partial charge in [0.05, 0.1) is 16.3 Å². The Labute approximate surface area is 213 Å². The molecule has 0 atom stereocenters. The van der Waals surface area contributed by atoms with E-state index in [1.165, 1.54) is 6.07 Å². The van der Waals surface area contributed by atoms with Crippen LogP contribution in [0.4, 0.5) is 19.0 Å². The van der Waals surface area contributed by atoms with Crippen LogP contribution in [0.5, 0.6) is 0 Å². The minimum atomic E-state index is -4.40. The maximum absolute atomic E-state index is 12.7. The normalized spacial score (nSPS) is 14.1. The van der Waals surface area contributed by atoms with Crippen LogP contribution >= 0.6 is 43.9 Å². The SMILES string of the molecule is Cc1cnc(C2=CI=C(NCCNc3ccc(C(F)(F)F)cn3)N=C2c2ccc(Cl)cc2Cl)[nH]1. The number of imidazole rings is 1. The summed E-state index contributed by atoms with van der Waals surface area (Å²) in [6.45, 7) is 2.89. The van der Waals surface area contributed by atoms with Crippen molar-refractivity contribution in [1.29, 1.82) is 0 Å². The molecule has 0 saturated carbocycles. The number of benzene rings is 1. The first kappa shape index (κ1) is 24.8. The predicted octanol–water partition coefficient (Wildman–Crippen LogP) is 6.04. The van der Waals surface area contributed by atoms with Gasteiger partial charge in [-0.1, -0.05) is 43.9 Å². The van der Waals surface area contributed by atoms with Gasteiger partial charge in [0.15, 0.2) is 0 Å². The molecule has 1 aromatic carbocycles. The number of hydrogen-bond acceptors (Lipinski definition) is 5. The quantitative estimate of drug-likeness (QED) is 0.222. The van der Waals surface area contributed by atoms with Gasteiger partial charge in [0.25, 0.3) is 0 Å². The summed E-state index contributed by atoms with van der Waals surface area (Å²) in [7, 11) is 0. The zero-order valence-corrected chi connectivity index (χ0v) is 21.3. The highest BCUT2D eigenvalue weighted by Gasteiger charge is 2.30. The van der Waals surface area contributed by atoms with E-state index in [2.05, 4.69) is 29.7 Å². The van der Waals surface area contributed by atoms with E-state index in [0.29, 0.717) is 34.7 Å². The maximum Gasteiger partial charge on any atom is 0.417 e. The highest BCUT2D eigenvalue weighted by Crippen LogP contribution is 2.31. The monoisotopic (exact) mass is 620 g/mol. The van der Waals surface area contributed by atoms with E-state index in [1.807, 2.05) is 13.0 Å². The number of aliphatic imine (C=N–C) groups is 1. The zero-order valence-electron chi connectivity index (χ0n) is 17.6. The predicted molar refractivity (Wildman–Crippen MR) is 139 cm³/mol. The lowest BCUT2D eigenvalue weighted by Crippen LogP contribution is -2.28. The van der Waals surface area contributed by atoms with Crippen molar-refractivity contribution in [2.45, 2.75) is 13.1 Å². The van der Waals surface area contributed by atoms with Gasteiger partial charge >= 0.3 is 6.18 Å². The average Bonchev–Trinajstić information content (AvgIpc) is 3.22. The van der Waals surface area contributed by atoms with E-state index in [0.717, 1.165) is 38.7 Å². The van der Waals surface area contributed by atoms with Gasteiger partial charge in [-0.25, -0.2) is 15.0 Å². The van der Waals surface area contributed by atoms with E-state index in [9.17, 15) is 13.2 Å². The molecule has 3 heterocycles. The lowest BCUT2D eigenvalue weighted by molar-refractivity contribution is -0.137. The number of rotatable bonds is 7. The number of pyridine rings is 1. The van der Waals surface area contributed by atoms with Gasteiger partial charge in [-0.15, -0.1) is 0 Å². The Bertz CT molecular complexity index is 1280. The van der Waals surface area contributed by atoms with Gasteiger partial charge in [0, 0.05) is 47.3 Å². The van der Waals surface area contributed by atoms with Crippen LogP contribution in [0.3, 0.4) is 0 Å². The summed E-state index contributed by atoms with van der Waals surface area (Å²) in [6, 6.07) is 7.56. The standard InChI is InChI=1S/C22H18Cl2F3IN6/c1-12-10-32-20(33-12)16-9-28-21(34-19(16)15-4-3-14(23)8-17(15)24)30-7-6-29-18-5-2-13(11-31-18)22(25,26)27/h2-5,8-11H,6-7H2,1H3,(H,29,31)(H,30,34)(H,32,33). The summed E-state index contributed by atoms with van der Waals surface area (Å²) in [4.78, 5) is 16.3. The fraction of sp³-hybridized carbons (Fsp3) is 0.182. The summed E-state index contributed by atoms with van der Waals surface area (Å²) >= 11 is 12.0. The Morgan fingerprint density at radius 1 is 1.03 bits per heavy atom. The van der Waals surface area contributed by atoms with Crippen LogP contribution < -0.4 is 10.6 Å². The fourth-order valence-corrected chi connectivity index (χ4v) is 5.61.